The van der Waals surface area contributed by atoms with Gasteiger partial charge in [-0.25, -0.2) is 26.5 Å². The molecule has 1 aromatic heterocycles. The van der Waals surface area contributed by atoms with Gasteiger partial charge < -0.3 is 9.30 Å². The monoisotopic (exact) mass is 476 g/mol. The maximum atomic E-state index is 12.8. The molecular weight excluding hydrogens is 452 g/mol. The number of imidazole rings is 1. The number of ether oxygens (including phenoxy) is 1. The zero-order valence-corrected chi connectivity index (χ0v) is 19.1. The van der Waals surface area contributed by atoms with E-state index >= 15 is 0 Å². The standard InChI is InChI=1S/C21H24N4O5S2/c1-17(18-2-4-19(5-3-18)24-11-10-22-16-24)23-31(26,27)20-6-8-21(9-7-20)32(28,29)25-12-14-30-15-13-25/h2-11,16-17,23H,12-15H2,1H3/t17-/m1/s1. The molecule has 3 aromatic rings. The Balaban J connectivity index is 1.47. The van der Waals surface area contributed by atoms with E-state index in [9.17, 15) is 16.8 Å². The van der Waals surface area contributed by atoms with Gasteiger partial charge in [0.05, 0.1) is 29.3 Å². The molecule has 1 aliphatic heterocycles. The van der Waals surface area contributed by atoms with Crippen molar-refractivity contribution in [2.24, 2.45) is 0 Å². The number of benzene rings is 2. The molecule has 2 heterocycles. The second kappa shape index (κ2) is 9.12. The first-order valence-electron chi connectivity index (χ1n) is 10.1. The molecular formula is C21H24N4O5S2. The summed E-state index contributed by atoms with van der Waals surface area (Å²) in [6.07, 6.45) is 5.19. The fourth-order valence-corrected chi connectivity index (χ4v) is 6.08. The number of morpholine rings is 1. The van der Waals surface area contributed by atoms with Crippen LogP contribution in [0.3, 0.4) is 0 Å². The zero-order valence-electron chi connectivity index (χ0n) is 17.5. The van der Waals surface area contributed by atoms with Gasteiger partial charge in [0.15, 0.2) is 0 Å². The van der Waals surface area contributed by atoms with Crippen LogP contribution in [0.15, 0.2) is 77.0 Å². The Morgan fingerprint density at radius 2 is 1.56 bits per heavy atom. The molecule has 0 unspecified atom stereocenters. The molecule has 1 fully saturated rings. The molecule has 0 amide bonds. The number of sulfonamides is 2. The van der Waals surface area contributed by atoms with E-state index in [1.165, 1.54) is 28.6 Å². The third-order valence-electron chi connectivity index (χ3n) is 5.27. The summed E-state index contributed by atoms with van der Waals surface area (Å²) >= 11 is 0. The van der Waals surface area contributed by atoms with Gasteiger partial charge in [0, 0.05) is 37.2 Å². The zero-order chi connectivity index (χ0) is 22.8. The van der Waals surface area contributed by atoms with Crippen LogP contribution in [-0.2, 0) is 24.8 Å². The predicted octanol–water partition coefficient (Wildman–Crippen LogP) is 1.93. The summed E-state index contributed by atoms with van der Waals surface area (Å²) in [7, 11) is -7.52. The molecule has 1 atom stereocenters. The van der Waals surface area contributed by atoms with Crippen LogP contribution in [0.25, 0.3) is 5.69 Å². The van der Waals surface area contributed by atoms with Gasteiger partial charge in [-0.15, -0.1) is 0 Å². The third-order valence-corrected chi connectivity index (χ3v) is 8.74. The SMILES string of the molecule is C[C@@H](NS(=O)(=O)c1ccc(S(=O)(=O)N2CCOCC2)cc1)c1ccc(-n2ccnc2)cc1. The lowest BCUT2D eigenvalue weighted by atomic mass is 10.1. The average molecular weight is 477 g/mol. The summed E-state index contributed by atoms with van der Waals surface area (Å²) in [6.45, 7) is 3.00. The normalized spacial score (nSPS) is 16.7. The fourth-order valence-electron chi connectivity index (χ4n) is 3.44. The van der Waals surface area contributed by atoms with E-state index in [1.807, 2.05) is 35.0 Å². The van der Waals surface area contributed by atoms with E-state index in [4.69, 9.17) is 4.74 Å². The first kappa shape index (κ1) is 22.6. The minimum absolute atomic E-state index is 0.000290. The average Bonchev–Trinajstić information content (AvgIpc) is 3.35. The Morgan fingerprint density at radius 3 is 2.16 bits per heavy atom. The van der Waals surface area contributed by atoms with Gasteiger partial charge in [-0.2, -0.15) is 4.31 Å². The van der Waals surface area contributed by atoms with E-state index in [0.29, 0.717) is 13.2 Å². The summed E-state index contributed by atoms with van der Waals surface area (Å²) in [5.74, 6) is 0. The summed E-state index contributed by atoms with van der Waals surface area (Å²) in [4.78, 5) is 4.07. The smallest absolute Gasteiger partial charge is 0.243 e. The highest BCUT2D eigenvalue weighted by atomic mass is 32.2. The van der Waals surface area contributed by atoms with E-state index in [0.717, 1.165) is 11.3 Å². The number of aromatic nitrogens is 2. The Hall–Kier alpha value is -2.57. The van der Waals surface area contributed by atoms with Crippen molar-refractivity contribution in [3.05, 3.63) is 72.8 Å². The van der Waals surface area contributed by atoms with Crippen LogP contribution in [-0.4, -0.2) is 57.0 Å². The lowest BCUT2D eigenvalue weighted by Crippen LogP contribution is -2.40. The summed E-state index contributed by atoms with van der Waals surface area (Å²) in [6, 6.07) is 12.2. The molecule has 0 spiro atoms. The van der Waals surface area contributed by atoms with Crippen LogP contribution < -0.4 is 4.72 Å². The van der Waals surface area contributed by atoms with Crippen molar-refractivity contribution in [2.45, 2.75) is 22.8 Å². The molecule has 1 aliphatic rings. The molecule has 4 rings (SSSR count). The Morgan fingerprint density at radius 1 is 0.938 bits per heavy atom. The van der Waals surface area contributed by atoms with Gasteiger partial charge in [0.1, 0.15) is 0 Å². The molecule has 32 heavy (non-hydrogen) atoms. The highest BCUT2D eigenvalue weighted by Crippen LogP contribution is 2.22. The predicted molar refractivity (Wildman–Crippen MR) is 118 cm³/mol. The first-order chi connectivity index (χ1) is 15.3. The van der Waals surface area contributed by atoms with E-state index < -0.39 is 26.1 Å². The number of rotatable bonds is 7. The summed E-state index contributed by atoms with van der Waals surface area (Å²) in [5.41, 5.74) is 1.71. The number of nitrogens with one attached hydrogen (secondary N) is 1. The summed E-state index contributed by atoms with van der Waals surface area (Å²) < 4.78 is 62.1. The minimum atomic E-state index is -3.84. The van der Waals surface area contributed by atoms with Crippen LogP contribution >= 0.6 is 0 Å². The topological polar surface area (TPSA) is 111 Å². The van der Waals surface area contributed by atoms with Crippen molar-refractivity contribution in [1.29, 1.82) is 0 Å². The molecule has 0 aliphatic carbocycles. The van der Waals surface area contributed by atoms with E-state index in [2.05, 4.69) is 9.71 Å². The lowest BCUT2D eigenvalue weighted by molar-refractivity contribution is 0.0730. The van der Waals surface area contributed by atoms with Crippen molar-refractivity contribution in [2.75, 3.05) is 26.3 Å². The second-order valence-corrected chi connectivity index (χ2v) is 11.0. The van der Waals surface area contributed by atoms with Crippen molar-refractivity contribution in [3.8, 4) is 5.69 Å². The van der Waals surface area contributed by atoms with Gasteiger partial charge in [0.2, 0.25) is 20.0 Å². The Labute approximate surface area is 187 Å². The van der Waals surface area contributed by atoms with Crippen molar-refractivity contribution in [1.82, 2.24) is 18.6 Å². The Bertz CT molecular complexity index is 1250. The molecule has 9 nitrogen and oxygen atoms in total. The maximum Gasteiger partial charge on any atom is 0.243 e. The molecule has 2 aromatic carbocycles. The maximum absolute atomic E-state index is 12.8. The second-order valence-electron chi connectivity index (χ2n) is 7.39. The molecule has 170 valence electrons. The van der Waals surface area contributed by atoms with Gasteiger partial charge in [-0.1, -0.05) is 12.1 Å². The molecule has 0 saturated carbocycles. The van der Waals surface area contributed by atoms with Crippen LogP contribution in [0, 0.1) is 0 Å². The van der Waals surface area contributed by atoms with Crippen LogP contribution in [0.4, 0.5) is 0 Å². The van der Waals surface area contributed by atoms with Crippen molar-refractivity contribution >= 4 is 20.0 Å². The highest BCUT2D eigenvalue weighted by Gasteiger charge is 2.27. The molecule has 1 N–H and O–H groups in total. The third kappa shape index (κ3) is 4.76. The quantitative estimate of drug-likeness (QED) is 0.558. The Kier molecular flexibility index (Phi) is 6.45. The molecule has 1 saturated heterocycles. The minimum Gasteiger partial charge on any atom is -0.379 e. The van der Waals surface area contributed by atoms with E-state index in [1.54, 1.807) is 19.4 Å². The van der Waals surface area contributed by atoms with Gasteiger partial charge in [-0.05, 0) is 48.9 Å². The van der Waals surface area contributed by atoms with Gasteiger partial charge in [-0.3, -0.25) is 0 Å². The molecule has 0 bridgehead atoms. The number of nitrogens with zero attached hydrogens (tertiary/aromatic N) is 3. The fraction of sp³-hybridized carbons (Fsp3) is 0.286. The highest BCUT2D eigenvalue weighted by molar-refractivity contribution is 7.89. The number of hydrogen-bond acceptors (Lipinski definition) is 6. The molecule has 0 radical (unpaired) electrons. The van der Waals surface area contributed by atoms with Crippen LogP contribution in [0.2, 0.25) is 0 Å². The lowest BCUT2D eigenvalue weighted by Gasteiger charge is -2.26. The van der Waals surface area contributed by atoms with Gasteiger partial charge >= 0.3 is 0 Å². The van der Waals surface area contributed by atoms with Crippen molar-refractivity contribution in [3.63, 3.8) is 0 Å². The van der Waals surface area contributed by atoms with Crippen LogP contribution in [0.5, 0.6) is 0 Å². The number of hydrogen-bond donors (Lipinski definition) is 1. The first-order valence-corrected chi connectivity index (χ1v) is 13.0. The van der Waals surface area contributed by atoms with Gasteiger partial charge in [0.25, 0.3) is 0 Å². The largest absolute Gasteiger partial charge is 0.379 e. The van der Waals surface area contributed by atoms with Crippen molar-refractivity contribution < 1.29 is 21.6 Å². The molecule has 11 heteroatoms. The van der Waals surface area contributed by atoms with Crippen LogP contribution in [0.1, 0.15) is 18.5 Å². The van der Waals surface area contributed by atoms with E-state index in [-0.39, 0.29) is 22.9 Å². The summed E-state index contributed by atoms with van der Waals surface area (Å²) in [5, 5.41) is 0.